The molecule has 0 aromatic heterocycles. The summed E-state index contributed by atoms with van der Waals surface area (Å²) >= 11 is 6.01. The maximum absolute atomic E-state index is 12.1. The summed E-state index contributed by atoms with van der Waals surface area (Å²) in [5.41, 5.74) is 1.08. The molecule has 8 heteroatoms. The summed E-state index contributed by atoms with van der Waals surface area (Å²) < 4.78 is 10.1. The normalized spacial score (nSPS) is 16.9. The van der Waals surface area contributed by atoms with Crippen molar-refractivity contribution < 1.29 is 23.9 Å². The third kappa shape index (κ3) is 5.10. The van der Waals surface area contributed by atoms with Crippen LogP contribution in [0.5, 0.6) is 0 Å². The highest BCUT2D eigenvalue weighted by Gasteiger charge is 2.30. The molecule has 1 atom stereocenters. The second-order valence-corrected chi connectivity index (χ2v) is 5.80. The Bertz CT molecular complexity index is 773. The Morgan fingerprint density at radius 3 is 2.69 bits per heavy atom. The van der Waals surface area contributed by atoms with E-state index >= 15 is 0 Å². The molecule has 2 rings (SSSR count). The lowest BCUT2D eigenvalue weighted by Gasteiger charge is -2.26. The van der Waals surface area contributed by atoms with Crippen LogP contribution in [0.15, 0.2) is 41.6 Å². The molecule has 0 spiro atoms. The Kier molecular flexibility index (Phi) is 6.80. The highest BCUT2D eigenvalue weighted by Crippen LogP contribution is 2.17. The fourth-order valence-electron chi connectivity index (χ4n) is 2.35. The van der Waals surface area contributed by atoms with Gasteiger partial charge in [0.1, 0.15) is 6.61 Å². The van der Waals surface area contributed by atoms with Crippen LogP contribution in [0.1, 0.15) is 19.4 Å². The molecule has 7 nitrogen and oxygen atoms in total. The highest BCUT2D eigenvalue weighted by molar-refractivity contribution is 6.32. The zero-order chi connectivity index (χ0) is 19.1. The third-order valence-corrected chi connectivity index (χ3v) is 3.87. The Labute approximate surface area is 156 Å². The minimum Gasteiger partial charge on any atom is -0.463 e. The van der Waals surface area contributed by atoms with E-state index in [9.17, 15) is 14.4 Å². The summed E-state index contributed by atoms with van der Waals surface area (Å²) in [7, 11) is 0. The Morgan fingerprint density at radius 2 is 2.00 bits per heavy atom. The van der Waals surface area contributed by atoms with Crippen molar-refractivity contribution in [2.45, 2.75) is 19.9 Å². The maximum Gasteiger partial charge on any atom is 0.338 e. The lowest BCUT2D eigenvalue weighted by molar-refractivity contribution is -0.140. The Morgan fingerprint density at radius 1 is 1.27 bits per heavy atom. The largest absolute Gasteiger partial charge is 0.463 e. The van der Waals surface area contributed by atoms with Crippen LogP contribution in [-0.2, 0) is 19.1 Å². The van der Waals surface area contributed by atoms with E-state index in [-0.39, 0.29) is 24.5 Å². The SMILES string of the molecule is CCOC(=O)C1=C(COC(=O)/C=C/c2ccccc2Cl)NC(=O)N[C@@H]1C. The lowest BCUT2D eigenvalue weighted by Crippen LogP contribution is -2.50. The highest BCUT2D eigenvalue weighted by atomic mass is 35.5. The van der Waals surface area contributed by atoms with Crippen molar-refractivity contribution in [3.05, 3.63) is 52.2 Å². The van der Waals surface area contributed by atoms with Crippen molar-refractivity contribution in [1.29, 1.82) is 0 Å². The summed E-state index contributed by atoms with van der Waals surface area (Å²) in [5.74, 6) is -1.22. The smallest absolute Gasteiger partial charge is 0.338 e. The van der Waals surface area contributed by atoms with E-state index < -0.39 is 24.0 Å². The number of urea groups is 1. The molecule has 0 saturated heterocycles. The number of carbonyl (C=O) groups excluding carboxylic acids is 3. The van der Waals surface area contributed by atoms with E-state index in [0.29, 0.717) is 10.6 Å². The molecule has 0 unspecified atom stereocenters. The fraction of sp³-hybridized carbons (Fsp3) is 0.278. The first-order valence-electron chi connectivity index (χ1n) is 7.99. The first kappa shape index (κ1) is 19.5. The third-order valence-electron chi connectivity index (χ3n) is 3.53. The van der Waals surface area contributed by atoms with Crippen LogP contribution in [0, 0.1) is 0 Å². The minimum atomic E-state index is -0.638. The van der Waals surface area contributed by atoms with Gasteiger partial charge in [-0.3, -0.25) is 0 Å². The first-order valence-corrected chi connectivity index (χ1v) is 8.37. The van der Waals surface area contributed by atoms with Crippen molar-refractivity contribution >= 4 is 35.6 Å². The zero-order valence-electron chi connectivity index (χ0n) is 14.4. The summed E-state index contributed by atoms with van der Waals surface area (Å²) in [4.78, 5) is 35.6. The average Bonchev–Trinajstić information content (AvgIpc) is 2.58. The summed E-state index contributed by atoms with van der Waals surface area (Å²) in [6.07, 6.45) is 2.74. The second-order valence-electron chi connectivity index (χ2n) is 5.40. The van der Waals surface area contributed by atoms with E-state index in [1.54, 1.807) is 38.1 Å². The Hall–Kier alpha value is -2.80. The molecule has 0 fully saturated rings. The average molecular weight is 379 g/mol. The van der Waals surface area contributed by atoms with Crippen molar-refractivity contribution in [2.24, 2.45) is 0 Å². The van der Waals surface area contributed by atoms with Gasteiger partial charge in [0.25, 0.3) is 0 Å². The van der Waals surface area contributed by atoms with Crippen molar-refractivity contribution in [2.75, 3.05) is 13.2 Å². The molecule has 1 aliphatic rings. The van der Waals surface area contributed by atoms with E-state index in [1.807, 2.05) is 0 Å². The standard InChI is InChI=1S/C18H19ClN2O5/c1-3-25-17(23)16-11(2)20-18(24)21-14(16)10-26-15(22)9-8-12-6-4-5-7-13(12)19/h4-9,11H,3,10H2,1-2H3,(H2,20,21,24)/b9-8+/t11-/m1/s1. The number of hydrogen-bond acceptors (Lipinski definition) is 5. The number of carbonyl (C=O) groups is 3. The minimum absolute atomic E-state index is 0.191. The number of benzene rings is 1. The molecule has 0 saturated carbocycles. The molecule has 1 aromatic rings. The maximum atomic E-state index is 12.1. The topological polar surface area (TPSA) is 93.7 Å². The molecule has 0 radical (unpaired) electrons. The first-order chi connectivity index (χ1) is 12.4. The van der Waals surface area contributed by atoms with Crippen LogP contribution >= 0.6 is 11.6 Å². The number of hydrogen-bond donors (Lipinski definition) is 2. The van der Waals surface area contributed by atoms with Crippen LogP contribution in [0.3, 0.4) is 0 Å². The van der Waals surface area contributed by atoms with Gasteiger partial charge in [0.15, 0.2) is 0 Å². The van der Waals surface area contributed by atoms with Crippen LogP contribution in [0.4, 0.5) is 4.79 Å². The summed E-state index contributed by atoms with van der Waals surface area (Å²) in [5, 5.41) is 5.55. The monoisotopic (exact) mass is 378 g/mol. The second kappa shape index (κ2) is 9.05. The number of amides is 2. The van der Waals surface area contributed by atoms with Crippen LogP contribution in [-0.4, -0.2) is 37.2 Å². The Balaban J connectivity index is 2.08. The molecule has 2 N–H and O–H groups in total. The predicted octanol–water partition coefficient (Wildman–Crippen LogP) is 2.41. The van der Waals surface area contributed by atoms with Gasteiger partial charge >= 0.3 is 18.0 Å². The van der Waals surface area contributed by atoms with E-state index in [2.05, 4.69) is 10.6 Å². The van der Waals surface area contributed by atoms with Gasteiger partial charge in [0.2, 0.25) is 0 Å². The van der Waals surface area contributed by atoms with Gasteiger partial charge in [-0.2, -0.15) is 0 Å². The summed E-state index contributed by atoms with van der Waals surface area (Å²) in [6.45, 7) is 3.25. The quantitative estimate of drug-likeness (QED) is 0.585. The van der Waals surface area contributed by atoms with Gasteiger partial charge in [-0.15, -0.1) is 0 Å². The molecule has 0 bridgehead atoms. The fourth-order valence-corrected chi connectivity index (χ4v) is 2.55. The lowest BCUT2D eigenvalue weighted by atomic mass is 10.0. The van der Waals surface area contributed by atoms with E-state index in [4.69, 9.17) is 21.1 Å². The number of rotatable bonds is 6. The zero-order valence-corrected chi connectivity index (χ0v) is 15.1. The molecule has 26 heavy (non-hydrogen) atoms. The molecule has 0 aliphatic carbocycles. The van der Waals surface area contributed by atoms with Gasteiger partial charge in [0, 0.05) is 11.1 Å². The van der Waals surface area contributed by atoms with Crippen molar-refractivity contribution in [1.82, 2.24) is 10.6 Å². The van der Waals surface area contributed by atoms with E-state index in [1.165, 1.54) is 12.2 Å². The summed E-state index contributed by atoms with van der Waals surface area (Å²) in [6, 6.07) is 5.98. The molecule has 1 aliphatic heterocycles. The molecule has 1 aromatic carbocycles. The molecule has 2 amide bonds. The number of esters is 2. The van der Waals surface area contributed by atoms with Gasteiger partial charge in [-0.05, 0) is 31.6 Å². The van der Waals surface area contributed by atoms with Gasteiger partial charge < -0.3 is 20.1 Å². The van der Waals surface area contributed by atoms with Gasteiger partial charge in [-0.1, -0.05) is 29.8 Å². The van der Waals surface area contributed by atoms with E-state index in [0.717, 1.165) is 0 Å². The number of nitrogens with one attached hydrogen (secondary N) is 2. The van der Waals surface area contributed by atoms with Crippen molar-refractivity contribution in [3.8, 4) is 0 Å². The van der Waals surface area contributed by atoms with Crippen LogP contribution < -0.4 is 10.6 Å². The number of halogens is 1. The van der Waals surface area contributed by atoms with Crippen LogP contribution in [0.25, 0.3) is 6.08 Å². The molecular weight excluding hydrogens is 360 g/mol. The van der Waals surface area contributed by atoms with Crippen LogP contribution in [0.2, 0.25) is 5.02 Å². The molecule has 1 heterocycles. The predicted molar refractivity (Wildman–Crippen MR) is 96.2 cm³/mol. The molecular formula is C18H19ClN2O5. The number of ether oxygens (including phenoxy) is 2. The van der Waals surface area contributed by atoms with Crippen molar-refractivity contribution in [3.63, 3.8) is 0 Å². The van der Waals surface area contributed by atoms with Gasteiger partial charge in [0.05, 0.1) is 23.9 Å². The van der Waals surface area contributed by atoms with Gasteiger partial charge in [-0.25, -0.2) is 14.4 Å². The molecule has 138 valence electrons.